The smallest absolute Gasteiger partial charge is 0.164 e. The Morgan fingerprint density at radius 1 is 1.08 bits per heavy atom. The number of nitrogen functional groups attached to an aromatic ring is 1. The summed E-state index contributed by atoms with van der Waals surface area (Å²) in [6.45, 7) is 7.04. The number of aliphatic imine (C=N–C) groups is 1. The van der Waals surface area contributed by atoms with Crippen LogP contribution < -0.4 is 10.6 Å². The molecule has 4 aromatic heterocycles. The molecule has 0 bridgehead atoms. The Kier molecular flexibility index (Phi) is 6.13. The van der Waals surface area contributed by atoms with E-state index in [1.807, 2.05) is 44.2 Å². The molecular formula is C28H30N10. The van der Waals surface area contributed by atoms with Gasteiger partial charge in [-0.3, -0.25) is 14.6 Å². The SMILES string of the molecule is CC1C=NC=C(CN2CCN(c3ccc(-c4cc(-c5cnn(C)c5)cn5nc(N)c(C#N)c45)cn3)CC2)C1. The molecule has 1 fully saturated rings. The van der Waals surface area contributed by atoms with Crippen molar-refractivity contribution in [1.82, 2.24) is 29.3 Å². The molecule has 0 aromatic carbocycles. The van der Waals surface area contributed by atoms with E-state index in [0.717, 1.165) is 67.2 Å². The number of rotatable bonds is 5. The fraction of sp³-hybridized carbons (Fsp3) is 0.321. The summed E-state index contributed by atoms with van der Waals surface area (Å²) in [5.74, 6) is 1.69. The van der Waals surface area contributed by atoms with Crippen LogP contribution in [0.2, 0.25) is 0 Å². The number of piperazine rings is 1. The quantitative estimate of drug-likeness (QED) is 0.441. The van der Waals surface area contributed by atoms with Crippen LogP contribution in [0.1, 0.15) is 18.9 Å². The Morgan fingerprint density at radius 3 is 2.61 bits per heavy atom. The lowest BCUT2D eigenvalue weighted by molar-refractivity contribution is 0.274. The van der Waals surface area contributed by atoms with Crippen molar-refractivity contribution >= 4 is 23.4 Å². The molecule has 1 unspecified atom stereocenters. The van der Waals surface area contributed by atoms with E-state index in [1.165, 1.54) is 5.57 Å². The monoisotopic (exact) mass is 506 g/mol. The number of nitriles is 1. The Morgan fingerprint density at radius 2 is 1.92 bits per heavy atom. The molecule has 0 spiro atoms. The number of pyridine rings is 2. The predicted molar refractivity (Wildman–Crippen MR) is 149 cm³/mol. The van der Waals surface area contributed by atoms with Gasteiger partial charge in [0.1, 0.15) is 17.5 Å². The lowest BCUT2D eigenvalue weighted by Crippen LogP contribution is -2.47. The average Bonchev–Trinajstić information content (AvgIpc) is 3.50. The third kappa shape index (κ3) is 4.53. The van der Waals surface area contributed by atoms with Crippen molar-refractivity contribution in [3.05, 3.63) is 60.3 Å². The molecule has 6 heterocycles. The summed E-state index contributed by atoms with van der Waals surface area (Å²) in [5.41, 5.74) is 12.2. The maximum Gasteiger partial charge on any atom is 0.164 e. The molecule has 192 valence electrons. The van der Waals surface area contributed by atoms with Gasteiger partial charge in [0.15, 0.2) is 5.82 Å². The Labute approximate surface area is 221 Å². The van der Waals surface area contributed by atoms with Crippen molar-refractivity contribution < 1.29 is 0 Å². The fourth-order valence-corrected chi connectivity index (χ4v) is 5.33. The van der Waals surface area contributed by atoms with Crippen molar-refractivity contribution in [2.45, 2.75) is 13.3 Å². The molecule has 4 aromatic rings. The van der Waals surface area contributed by atoms with Gasteiger partial charge >= 0.3 is 0 Å². The fourth-order valence-electron chi connectivity index (χ4n) is 5.33. The van der Waals surface area contributed by atoms with E-state index in [-0.39, 0.29) is 5.82 Å². The highest BCUT2D eigenvalue weighted by Crippen LogP contribution is 2.34. The van der Waals surface area contributed by atoms with E-state index >= 15 is 0 Å². The minimum absolute atomic E-state index is 0.213. The third-order valence-electron chi connectivity index (χ3n) is 7.27. The zero-order valence-electron chi connectivity index (χ0n) is 21.6. The second-order valence-corrected chi connectivity index (χ2v) is 10.1. The highest BCUT2D eigenvalue weighted by atomic mass is 15.3. The number of nitrogens with two attached hydrogens (primary N) is 1. The van der Waals surface area contributed by atoms with Crippen LogP contribution in [0.5, 0.6) is 0 Å². The second kappa shape index (κ2) is 9.76. The van der Waals surface area contributed by atoms with E-state index in [2.05, 4.69) is 56.2 Å². The number of aromatic nitrogens is 5. The average molecular weight is 507 g/mol. The zero-order valence-corrected chi connectivity index (χ0v) is 21.6. The summed E-state index contributed by atoms with van der Waals surface area (Å²) in [6.07, 6.45) is 12.7. The standard InChI is InChI=1S/C28H30N10/c1-19-9-20(13-31-12-19)16-36-5-7-37(8-6-36)26-4-3-21(14-32-26)24-10-22(23-15-33-35(2)17-23)18-38-27(24)25(11-29)28(30)34-38/h3-4,10,12-15,17-19H,5-9,16H2,1-2H3,(H2,30,34). The topological polar surface area (TPSA) is 117 Å². The Hall–Kier alpha value is -4.49. The van der Waals surface area contributed by atoms with Crippen molar-refractivity contribution in [2.24, 2.45) is 18.0 Å². The van der Waals surface area contributed by atoms with Crippen LogP contribution in [-0.4, -0.2) is 68.2 Å². The number of hydrogen-bond donors (Lipinski definition) is 1. The summed E-state index contributed by atoms with van der Waals surface area (Å²) in [7, 11) is 1.88. The predicted octanol–water partition coefficient (Wildman–Crippen LogP) is 3.37. The number of fused-ring (bicyclic) bond motifs is 1. The lowest BCUT2D eigenvalue weighted by atomic mass is 10.0. The van der Waals surface area contributed by atoms with Gasteiger partial charge in [0.2, 0.25) is 0 Å². The van der Waals surface area contributed by atoms with Crippen LogP contribution >= 0.6 is 0 Å². The first-order valence-corrected chi connectivity index (χ1v) is 12.8. The molecule has 6 rings (SSSR count). The van der Waals surface area contributed by atoms with Gasteiger partial charge in [0, 0.05) is 93.0 Å². The summed E-state index contributed by atoms with van der Waals surface area (Å²) >= 11 is 0. The molecule has 0 aliphatic carbocycles. The molecule has 0 saturated carbocycles. The van der Waals surface area contributed by atoms with Gasteiger partial charge in [-0.2, -0.15) is 10.4 Å². The molecule has 0 radical (unpaired) electrons. The van der Waals surface area contributed by atoms with E-state index in [4.69, 9.17) is 10.7 Å². The van der Waals surface area contributed by atoms with Gasteiger partial charge in [-0.1, -0.05) is 6.92 Å². The van der Waals surface area contributed by atoms with Crippen LogP contribution in [0, 0.1) is 17.2 Å². The molecule has 0 amide bonds. The third-order valence-corrected chi connectivity index (χ3v) is 7.27. The van der Waals surface area contributed by atoms with Crippen molar-refractivity contribution in [3.63, 3.8) is 0 Å². The number of hydrogen-bond acceptors (Lipinski definition) is 8. The summed E-state index contributed by atoms with van der Waals surface area (Å²) in [6, 6.07) is 8.39. The highest BCUT2D eigenvalue weighted by molar-refractivity contribution is 5.90. The molecule has 2 aliphatic rings. The largest absolute Gasteiger partial charge is 0.381 e. The molecule has 10 nitrogen and oxygen atoms in total. The maximum absolute atomic E-state index is 9.79. The summed E-state index contributed by atoms with van der Waals surface area (Å²) in [5, 5.41) is 18.5. The van der Waals surface area contributed by atoms with Crippen molar-refractivity contribution in [1.29, 1.82) is 5.26 Å². The number of aryl methyl sites for hydroxylation is 1. The van der Waals surface area contributed by atoms with Gasteiger partial charge in [-0.25, -0.2) is 9.50 Å². The summed E-state index contributed by atoms with van der Waals surface area (Å²) < 4.78 is 3.44. The normalized spacial score (nSPS) is 18.1. The molecular weight excluding hydrogens is 476 g/mol. The van der Waals surface area contributed by atoms with Gasteiger partial charge < -0.3 is 10.6 Å². The highest BCUT2D eigenvalue weighted by Gasteiger charge is 2.21. The molecule has 2 N–H and O–H groups in total. The summed E-state index contributed by atoms with van der Waals surface area (Å²) in [4.78, 5) is 14.0. The lowest BCUT2D eigenvalue weighted by Gasteiger charge is -2.36. The first kappa shape index (κ1) is 23.9. The van der Waals surface area contributed by atoms with Gasteiger partial charge in [0.05, 0.1) is 11.7 Å². The Balaban J connectivity index is 1.24. The Bertz CT molecular complexity index is 1580. The van der Waals surface area contributed by atoms with E-state index in [1.54, 1.807) is 9.20 Å². The van der Waals surface area contributed by atoms with Crippen LogP contribution in [0.3, 0.4) is 0 Å². The second-order valence-electron chi connectivity index (χ2n) is 10.1. The molecule has 10 heteroatoms. The first-order valence-electron chi connectivity index (χ1n) is 12.8. The van der Waals surface area contributed by atoms with Crippen molar-refractivity contribution in [3.8, 4) is 28.3 Å². The van der Waals surface area contributed by atoms with Crippen LogP contribution in [0.4, 0.5) is 11.6 Å². The molecule has 1 saturated heterocycles. The van der Waals surface area contributed by atoms with Crippen LogP contribution in [0.15, 0.2) is 59.8 Å². The zero-order chi connectivity index (χ0) is 26.2. The van der Waals surface area contributed by atoms with Crippen molar-refractivity contribution in [2.75, 3.05) is 43.4 Å². The molecule has 1 atom stereocenters. The van der Waals surface area contributed by atoms with E-state index in [9.17, 15) is 5.26 Å². The number of anilines is 2. The first-order chi connectivity index (χ1) is 18.5. The number of nitrogens with zero attached hydrogens (tertiary/aromatic N) is 9. The van der Waals surface area contributed by atoms with Gasteiger partial charge in [0.25, 0.3) is 0 Å². The van der Waals surface area contributed by atoms with Gasteiger partial charge in [-0.05, 0) is 36.1 Å². The van der Waals surface area contributed by atoms with Gasteiger partial charge in [-0.15, -0.1) is 5.10 Å². The molecule has 38 heavy (non-hydrogen) atoms. The molecule has 2 aliphatic heterocycles. The maximum atomic E-state index is 9.79. The van der Waals surface area contributed by atoms with Crippen LogP contribution in [0.25, 0.3) is 27.8 Å². The minimum atomic E-state index is 0.213. The van der Waals surface area contributed by atoms with E-state index < -0.39 is 0 Å². The van der Waals surface area contributed by atoms with Crippen LogP contribution in [-0.2, 0) is 7.05 Å². The van der Waals surface area contributed by atoms with E-state index in [0.29, 0.717) is 17.0 Å². The minimum Gasteiger partial charge on any atom is -0.381 e.